The molecule has 1 aliphatic rings. The van der Waals surface area contributed by atoms with Crippen molar-refractivity contribution >= 4 is 17.5 Å². The molecule has 1 amide bonds. The van der Waals surface area contributed by atoms with Crippen molar-refractivity contribution in [3.8, 4) is 5.75 Å². The molecule has 0 atom stereocenters. The molecule has 1 N–H and O–H groups in total. The van der Waals surface area contributed by atoms with E-state index in [0.717, 1.165) is 37.7 Å². The Morgan fingerprint density at radius 2 is 2.00 bits per heavy atom. The summed E-state index contributed by atoms with van der Waals surface area (Å²) in [6.07, 6.45) is 3.72. The number of nitrogens with zero attached hydrogens (tertiary/aromatic N) is 3. The van der Waals surface area contributed by atoms with Gasteiger partial charge in [-0.25, -0.2) is 14.4 Å². The molecule has 0 radical (unpaired) electrons. The number of aromatic nitrogens is 2. The molecule has 0 bridgehead atoms. The van der Waals surface area contributed by atoms with Crippen molar-refractivity contribution in [3.05, 3.63) is 42.5 Å². The predicted molar refractivity (Wildman–Crippen MR) is 93.2 cm³/mol. The zero-order valence-corrected chi connectivity index (χ0v) is 14.1. The lowest BCUT2D eigenvalue weighted by Crippen LogP contribution is -2.33. The van der Waals surface area contributed by atoms with Crippen LogP contribution in [-0.4, -0.2) is 35.6 Å². The number of nitrogens with one attached hydrogen (secondary N) is 1. The molecule has 7 heteroatoms. The van der Waals surface area contributed by atoms with E-state index in [9.17, 15) is 9.18 Å². The Balaban J connectivity index is 1.54. The molecule has 0 aliphatic carbocycles. The minimum Gasteiger partial charge on any atom is -0.484 e. The highest BCUT2D eigenvalue weighted by Gasteiger charge is 2.17. The van der Waals surface area contributed by atoms with Crippen LogP contribution in [0.4, 0.5) is 16.0 Å². The third-order valence-electron chi connectivity index (χ3n) is 4.21. The topological polar surface area (TPSA) is 67.4 Å². The monoisotopic (exact) mass is 344 g/mol. The summed E-state index contributed by atoms with van der Waals surface area (Å²) in [4.78, 5) is 22.6. The van der Waals surface area contributed by atoms with Crippen LogP contribution in [0.15, 0.2) is 36.7 Å². The van der Waals surface area contributed by atoms with Gasteiger partial charge in [0.15, 0.2) is 6.61 Å². The molecule has 1 aliphatic heterocycles. The lowest BCUT2D eigenvalue weighted by Gasteiger charge is -2.31. The Morgan fingerprint density at radius 3 is 2.72 bits per heavy atom. The minimum atomic E-state index is -0.350. The largest absolute Gasteiger partial charge is 0.484 e. The number of hydrogen-bond donors (Lipinski definition) is 1. The van der Waals surface area contributed by atoms with Gasteiger partial charge >= 0.3 is 0 Å². The molecule has 6 nitrogen and oxygen atoms in total. The average molecular weight is 344 g/mol. The predicted octanol–water partition coefficient (Wildman–Crippen LogP) is 2.87. The quantitative estimate of drug-likeness (QED) is 0.903. The Morgan fingerprint density at radius 1 is 1.28 bits per heavy atom. The van der Waals surface area contributed by atoms with Crippen molar-refractivity contribution in [1.82, 2.24) is 9.97 Å². The van der Waals surface area contributed by atoms with Crippen LogP contribution in [0.5, 0.6) is 5.75 Å². The third-order valence-corrected chi connectivity index (χ3v) is 4.21. The van der Waals surface area contributed by atoms with Crippen molar-refractivity contribution < 1.29 is 13.9 Å². The Bertz CT molecular complexity index is 715. The second kappa shape index (κ2) is 7.92. The van der Waals surface area contributed by atoms with E-state index >= 15 is 0 Å². The Kier molecular flexibility index (Phi) is 5.42. The van der Waals surface area contributed by atoms with Crippen LogP contribution < -0.4 is 15.0 Å². The summed E-state index contributed by atoms with van der Waals surface area (Å²) in [6.45, 7) is 3.99. The molecule has 1 aromatic carbocycles. The number of benzene rings is 1. The normalized spacial score (nSPS) is 15.0. The van der Waals surface area contributed by atoms with E-state index < -0.39 is 0 Å². The van der Waals surface area contributed by atoms with E-state index in [-0.39, 0.29) is 18.3 Å². The van der Waals surface area contributed by atoms with Crippen molar-refractivity contribution in [3.63, 3.8) is 0 Å². The number of anilines is 2. The molecular formula is C18H21FN4O2. The van der Waals surface area contributed by atoms with E-state index in [1.807, 2.05) is 0 Å². The molecule has 132 valence electrons. The van der Waals surface area contributed by atoms with Crippen LogP contribution >= 0.6 is 0 Å². The highest BCUT2D eigenvalue weighted by molar-refractivity contribution is 5.91. The maximum Gasteiger partial charge on any atom is 0.263 e. The van der Waals surface area contributed by atoms with Gasteiger partial charge in [-0.15, -0.1) is 0 Å². The second-order valence-electron chi connectivity index (χ2n) is 6.22. The van der Waals surface area contributed by atoms with E-state index in [1.54, 1.807) is 6.07 Å². The number of hydrogen-bond acceptors (Lipinski definition) is 5. The SMILES string of the molecule is CC1CCN(c2cc(NC(=O)COc3ccc(F)cc3)ncn2)CC1. The van der Waals surface area contributed by atoms with E-state index in [4.69, 9.17) is 4.74 Å². The third kappa shape index (κ3) is 4.89. The van der Waals surface area contributed by atoms with Crippen LogP contribution in [0, 0.1) is 11.7 Å². The first-order valence-corrected chi connectivity index (χ1v) is 8.35. The summed E-state index contributed by atoms with van der Waals surface area (Å²) in [5, 5.41) is 2.70. The van der Waals surface area contributed by atoms with Gasteiger partial charge in [0.25, 0.3) is 5.91 Å². The van der Waals surface area contributed by atoms with Gasteiger partial charge in [-0.05, 0) is 43.0 Å². The van der Waals surface area contributed by atoms with Crippen LogP contribution in [0.3, 0.4) is 0 Å². The van der Waals surface area contributed by atoms with Crippen molar-refractivity contribution in [2.45, 2.75) is 19.8 Å². The number of ether oxygens (including phenoxy) is 1. The fourth-order valence-electron chi connectivity index (χ4n) is 2.68. The first-order chi connectivity index (χ1) is 12.1. The maximum absolute atomic E-state index is 12.8. The zero-order valence-electron chi connectivity index (χ0n) is 14.1. The number of carbonyl (C=O) groups is 1. The van der Waals surface area contributed by atoms with Crippen LogP contribution in [0.2, 0.25) is 0 Å². The lowest BCUT2D eigenvalue weighted by molar-refractivity contribution is -0.118. The average Bonchev–Trinajstić information content (AvgIpc) is 2.62. The van der Waals surface area contributed by atoms with E-state index in [0.29, 0.717) is 11.6 Å². The van der Waals surface area contributed by atoms with Gasteiger partial charge in [-0.2, -0.15) is 0 Å². The molecule has 3 rings (SSSR count). The molecule has 0 unspecified atom stereocenters. The van der Waals surface area contributed by atoms with Crippen molar-refractivity contribution in [2.75, 3.05) is 29.9 Å². The Labute approximate surface area is 146 Å². The van der Waals surface area contributed by atoms with Gasteiger partial charge in [0.05, 0.1) is 0 Å². The van der Waals surface area contributed by atoms with E-state index in [2.05, 4.69) is 27.1 Å². The molecule has 1 saturated heterocycles. The number of amides is 1. The molecule has 0 saturated carbocycles. The first kappa shape index (κ1) is 17.1. The molecule has 0 spiro atoms. The molecule has 2 aromatic rings. The van der Waals surface area contributed by atoms with E-state index in [1.165, 1.54) is 30.6 Å². The van der Waals surface area contributed by atoms with Gasteiger partial charge in [0, 0.05) is 19.2 Å². The molecular weight excluding hydrogens is 323 g/mol. The highest BCUT2D eigenvalue weighted by atomic mass is 19.1. The highest BCUT2D eigenvalue weighted by Crippen LogP contribution is 2.22. The minimum absolute atomic E-state index is 0.174. The van der Waals surface area contributed by atoms with Gasteiger partial charge in [0.1, 0.15) is 29.5 Å². The van der Waals surface area contributed by atoms with Crippen molar-refractivity contribution in [2.24, 2.45) is 5.92 Å². The van der Waals surface area contributed by atoms with Crippen molar-refractivity contribution in [1.29, 1.82) is 0 Å². The van der Waals surface area contributed by atoms with Gasteiger partial charge < -0.3 is 15.0 Å². The summed E-state index contributed by atoms with van der Waals surface area (Å²) in [5.74, 6) is 1.75. The summed E-state index contributed by atoms with van der Waals surface area (Å²) >= 11 is 0. The molecule has 25 heavy (non-hydrogen) atoms. The summed E-state index contributed by atoms with van der Waals surface area (Å²) in [7, 11) is 0. The van der Waals surface area contributed by atoms with Gasteiger partial charge in [-0.1, -0.05) is 6.92 Å². The number of piperidine rings is 1. The molecule has 1 fully saturated rings. The number of rotatable bonds is 5. The lowest BCUT2D eigenvalue weighted by atomic mass is 9.99. The van der Waals surface area contributed by atoms with Gasteiger partial charge in [0.2, 0.25) is 0 Å². The zero-order chi connectivity index (χ0) is 17.6. The first-order valence-electron chi connectivity index (χ1n) is 8.35. The second-order valence-corrected chi connectivity index (χ2v) is 6.22. The summed E-state index contributed by atoms with van der Waals surface area (Å²) < 4.78 is 18.2. The summed E-state index contributed by atoms with van der Waals surface area (Å²) in [5.41, 5.74) is 0. The number of carbonyl (C=O) groups excluding carboxylic acids is 1. The molecule has 1 aromatic heterocycles. The van der Waals surface area contributed by atoms with Gasteiger partial charge in [-0.3, -0.25) is 4.79 Å². The Hall–Kier alpha value is -2.70. The maximum atomic E-state index is 12.8. The summed E-state index contributed by atoms with van der Waals surface area (Å²) in [6, 6.07) is 7.28. The van der Waals surface area contributed by atoms with Crippen LogP contribution in [0.25, 0.3) is 0 Å². The fraction of sp³-hybridized carbons (Fsp3) is 0.389. The fourth-order valence-corrected chi connectivity index (χ4v) is 2.68. The van der Waals surface area contributed by atoms with Crippen LogP contribution in [-0.2, 0) is 4.79 Å². The van der Waals surface area contributed by atoms with Crippen LogP contribution in [0.1, 0.15) is 19.8 Å². The number of halogens is 1. The molecule has 2 heterocycles. The smallest absolute Gasteiger partial charge is 0.263 e. The standard InChI is InChI=1S/C18H21FN4O2/c1-13-6-8-23(9-7-13)17-10-16(20-12-21-17)22-18(24)11-25-15-4-2-14(19)3-5-15/h2-5,10,12-13H,6-9,11H2,1H3,(H,20,21,22,24).